The number of methoxy groups -OCH3 is 1. The van der Waals surface area contributed by atoms with E-state index < -0.39 is 10.0 Å². The summed E-state index contributed by atoms with van der Waals surface area (Å²) in [7, 11) is -1.76. The summed E-state index contributed by atoms with van der Waals surface area (Å²) in [6.07, 6.45) is 1.28. The number of nitrogens with one attached hydrogen (secondary N) is 1. The number of rotatable bonds is 6. The molecule has 1 aromatic heterocycles. The molecule has 2 heterocycles. The predicted molar refractivity (Wildman–Crippen MR) is 86.8 cm³/mol. The molecule has 1 fully saturated rings. The first-order valence-corrected chi connectivity index (χ1v) is 9.69. The van der Waals surface area contributed by atoms with Crippen LogP contribution in [-0.2, 0) is 14.8 Å². The number of ether oxygens (including phenoxy) is 1. The molecule has 0 unspecified atom stereocenters. The van der Waals surface area contributed by atoms with Crippen LogP contribution in [0.2, 0.25) is 0 Å². The normalized spacial score (nSPS) is 17.5. The number of sulfonamides is 1. The first-order valence-electron chi connectivity index (χ1n) is 7.26. The summed E-state index contributed by atoms with van der Waals surface area (Å²) in [5.74, 6) is -0.0616. The first kappa shape index (κ1) is 17.4. The van der Waals surface area contributed by atoms with E-state index in [1.807, 2.05) is 19.1 Å². The zero-order chi connectivity index (χ0) is 16.2. The van der Waals surface area contributed by atoms with E-state index in [0.717, 1.165) is 4.88 Å². The minimum Gasteiger partial charge on any atom is -0.384 e. The number of hydrogen-bond acceptors (Lipinski definition) is 5. The first-order chi connectivity index (χ1) is 10.4. The van der Waals surface area contributed by atoms with Crippen LogP contribution < -0.4 is 5.32 Å². The van der Waals surface area contributed by atoms with Gasteiger partial charge in [0.15, 0.2) is 0 Å². The van der Waals surface area contributed by atoms with Crippen molar-refractivity contribution in [2.75, 3.05) is 32.6 Å². The predicted octanol–water partition coefficient (Wildman–Crippen LogP) is 1.23. The highest BCUT2D eigenvalue weighted by Crippen LogP contribution is 2.18. The summed E-state index contributed by atoms with van der Waals surface area (Å²) in [4.78, 5) is 13.9. The molecule has 8 heteroatoms. The van der Waals surface area contributed by atoms with Crippen molar-refractivity contribution in [1.82, 2.24) is 9.62 Å². The van der Waals surface area contributed by atoms with Gasteiger partial charge in [-0.2, -0.15) is 0 Å². The van der Waals surface area contributed by atoms with Crippen molar-refractivity contribution in [1.29, 1.82) is 0 Å². The maximum absolute atomic E-state index is 12.1. The van der Waals surface area contributed by atoms with Crippen molar-refractivity contribution in [3.05, 3.63) is 21.9 Å². The Balaban J connectivity index is 1.83. The number of amides is 1. The Morgan fingerprint density at radius 2 is 2.09 bits per heavy atom. The molecule has 0 atom stereocenters. The second-order valence-corrected chi connectivity index (χ2v) is 8.74. The molecule has 0 radical (unpaired) electrons. The Labute approximate surface area is 135 Å². The highest BCUT2D eigenvalue weighted by molar-refractivity contribution is 7.89. The maximum Gasteiger partial charge on any atom is 0.261 e. The number of carbonyl (C=O) groups is 1. The summed E-state index contributed by atoms with van der Waals surface area (Å²) < 4.78 is 30.4. The zero-order valence-electron chi connectivity index (χ0n) is 12.9. The van der Waals surface area contributed by atoms with Gasteiger partial charge in [-0.3, -0.25) is 4.79 Å². The van der Waals surface area contributed by atoms with Gasteiger partial charge in [0.05, 0.1) is 17.2 Å². The fourth-order valence-electron chi connectivity index (χ4n) is 2.41. The van der Waals surface area contributed by atoms with Crippen LogP contribution in [0.25, 0.3) is 0 Å². The van der Waals surface area contributed by atoms with Crippen LogP contribution in [0, 0.1) is 6.92 Å². The second kappa shape index (κ2) is 7.54. The molecule has 0 bridgehead atoms. The van der Waals surface area contributed by atoms with E-state index in [1.54, 1.807) is 0 Å². The highest BCUT2D eigenvalue weighted by Gasteiger charge is 2.28. The fourth-order valence-corrected chi connectivity index (χ4v) is 4.58. The zero-order valence-corrected chi connectivity index (χ0v) is 14.5. The van der Waals surface area contributed by atoms with E-state index in [9.17, 15) is 13.2 Å². The largest absolute Gasteiger partial charge is 0.384 e. The Morgan fingerprint density at radius 1 is 1.41 bits per heavy atom. The number of piperidine rings is 1. The van der Waals surface area contributed by atoms with Gasteiger partial charge < -0.3 is 10.1 Å². The molecule has 0 aliphatic carbocycles. The molecule has 2 rings (SSSR count). The maximum atomic E-state index is 12.1. The van der Waals surface area contributed by atoms with Gasteiger partial charge in [-0.15, -0.1) is 11.3 Å². The molecule has 0 spiro atoms. The number of aryl methyl sites for hydroxylation is 1. The van der Waals surface area contributed by atoms with Crippen LogP contribution >= 0.6 is 11.3 Å². The summed E-state index contributed by atoms with van der Waals surface area (Å²) in [5.41, 5.74) is 0. The third-order valence-electron chi connectivity index (χ3n) is 3.69. The molecule has 124 valence electrons. The Bertz CT molecular complexity index is 604. The average Bonchev–Trinajstić information content (AvgIpc) is 2.92. The highest BCUT2D eigenvalue weighted by atomic mass is 32.2. The lowest BCUT2D eigenvalue weighted by molar-refractivity contribution is 0.0928. The number of nitrogens with zero attached hydrogens (tertiary/aromatic N) is 1. The van der Waals surface area contributed by atoms with Crippen molar-refractivity contribution in [2.24, 2.45) is 0 Å². The van der Waals surface area contributed by atoms with E-state index >= 15 is 0 Å². The molecule has 1 aliphatic heterocycles. The average molecular weight is 346 g/mol. The summed E-state index contributed by atoms with van der Waals surface area (Å²) in [5, 5.41) is 2.99. The van der Waals surface area contributed by atoms with Crippen LogP contribution in [0.15, 0.2) is 12.1 Å². The number of thiophene rings is 1. The number of carbonyl (C=O) groups excluding carboxylic acids is 1. The second-order valence-electron chi connectivity index (χ2n) is 5.37. The van der Waals surface area contributed by atoms with Crippen LogP contribution in [-0.4, -0.2) is 57.2 Å². The van der Waals surface area contributed by atoms with Gasteiger partial charge in [0.1, 0.15) is 0 Å². The molecule has 1 N–H and O–H groups in total. The van der Waals surface area contributed by atoms with Gasteiger partial charge in [0.2, 0.25) is 10.0 Å². The molecular formula is C14H22N2O4S2. The molecule has 6 nitrogen and oxygen atoms in total. The lowest BCUT2D eigenvalue weighted by Crippen LogP contribution is -2.47. The standard InChI is InChI=1S/C14H22N2O4S2/c1-11-3-4-13(21-11)14(17)15-12-5-7-16(8-6-12)22(18,19)10-9-20-2/h3-4,12H,5-10H2,1-2H3,(H,15,17). The van der Waals surface area contributed by atoms with E-state index in [4.69, 9.17) is 4.74 Å². The monoisotopic (exact) mass is 346 g/mol. The fraction of sp³-hybridized carbons (Fsp3) is 0.643. The SMILES string of the molecule is COCCS(=O)(=O)N1CCC(NC(=O)c2ccc(C)s2)CC1. The Morgan fingerprint density at radius 3 is 2.64 bits per heavy atom. The minimum absolute atomic E-state index is 0.00893. The molecular weight excluding hydrogens is 324 g/mol. The molecule has 0 saturated carbocycles. The lowest BCUT2D eigenvalue weighted by Gasteiger charge is -2.31. The van der Waals surface area contributed by atoms with Crippen molar-refractivity contribution >= 4 is 27.3 Å². The smallest absolute Gasteiger partial charge is 0.261 e. The quantitative estimate of drug-likeness (QED) is 0.840. The summed E-state index contributed by atoms with van der Waals surface area (Å²) in [6.45, 7) is 3.06. The van der Waals surface area contributed by atoms with Crippen LogP contribution in [0.4, 0.5) is 0 Å². The van der Waals surface area contributed by atoms with Crippen LogP contribution in [0.5, 0.6) is 0 Å². The van der Waals surface area contributed by atoms with Gasteiger partial charge in [-0.05, 0) is 31.9 Å². The van der Waals surface area contributed by atoms with Gasteiger partial charge in [-0.25, -0.2) is 12.7 Å². The van der Waals surface area contributed by atoms with E-state index in [1.165, 1.54) is 22.8 Å². The molecule has 1 aliphatic rings. The molecule has 1 aromatic rings. The van der Waals surface area contributed by atoms with E-state index in [-0.39, 0.29) is 24.3 Å². The molecule has 22 heavy (non-hydrogen) atoms. The topological polar surface area (TPSA) is 75.7 Å². The van der Waals surface area contributed by atoms with Crippen LogP contribution in [0.3, 0.4) is 0 Å². The van der Waals surface area contributed by atoms with Gasteiger partial charge in [-0.1, -0.05) is 0 Å². The minimum atomic E-state index is -3.25. The molecule has 0 aromatic carbocycles. The van der Waals surface area contributed by atoms with Crippen molar-refractivity contribution in [2.45, 2.75) is 25.8 Å². The van der Waals surface area contributed by atoms with Gasteiger partial charge in [0, 0.05) is 31.1 Å². The third kappa shape index (κ3) is 4.52. The summed E-state index contributed by atoms with van der Waals surface area (Å²) in [6, 6.07) is 3.77. The van der Waals surface area contributed by atoms with E-state index in [0.29, 0.717) is 30.8 Å². The summed E-state index contributed by atoms with van der Waals surface area (Å²) >= 11 is 1.47. The number of hydrogen-bond donors (Lipinski definition) is 1. The van der Waals surface area contributed by atoms with Crippen molar-refractivity contribution in [3.8, 4) is 0 Å². The van der Waals surface area contributed by atoms with Gasteiger partial charge >= 0.3 is 0 Å². The Kier molecular flexibility index (Phi) is 5.96. The molecule has 1 saturated heterocycles. The van der Waals surface area contributed by atoms with Crippen molar-refractivity contribution < 1.29 is 17.9 Å². The van der Waals surface area contributed by atoms with E-state index in [2.05, 4.69) is 5.32 Å². The third-order valence-corrected chi connectivity index (χ3v) is 6.53. The van der Waals surface area contributed by atoms with Gasteiger partial charge in [0.25, 0.3) is 5.91 Å². The van der Waals surface area contributed by atoms with Crippen molar-refractivity contribution in [3.63, 3.8) is 0 Å². The van der Waals surface area contributed by atoms with Crippen LogP contribution in [0.1, 0.15) is 27.4 Å². The Hall–Kier alpha value is -0.960. The lowest BCUT2D eigenvalue weighted by atomic mass is 10.1. The molecule has 1 amide bonds.